The van der Waals surface area contributed by atoms with E-state index in [1.165, 1.54) is 36.5 Å². The van der Waals surface area contributed by atoms with Crippen molar-refractivity contribution in [1.82, 2.24) is 0 Å². The zero-order chi connectivity index (χ0) is 19.8. The van der Waals surface area contributed by atoms with Crippen LogP contribution in [0.3, 0.4) is 0 Å². The van der Waals surface area contributed by atoms with Crippen molar-refractivity contribution in [2.45, 2.75) is 5.41 Å². The molecule has 2 N–H and O–H groups in total. The van der Waals surface area contributed by atoms with Crippen molar-refractivity contribution in [1.29, 1.82) is 0 Å². The molecule has 2 unspecified atom stereocenters. The molecule has 2 atom stereocenters. The molecule has 4 bridgehead atoms. The fourth-order valence-electron chi connectivity index (χ4n) is 5.46. The van der Waals surface area contributed by atoms with E-state index in [4.69, 9.17) is 5.10 Å². The van der Waals surface area contributed by atoms with Crippen LogP contribution in [-0.4, -0.2) is 56.1 Å². The summed E-state index contributed by atoms with van der Waals surface area (Å²) in [6.45, 7) is 6.93. The average Bonchev–Trinajstić information content (AvgIpc) is 2.99. The zero-order valence-corrected chi connectivity index (χ0v) is 16.3. The molecular weight excluding hydrogens is 366 g/mol. The molecule has 4 heterocycles. The Bertz CT molecular complexity index is 954. The first-order chi connectivity index (χ1) is 14.1. The van der Waals surface area contributed by atoms with E-state index in [0.717, 1.165) is 31.7 Å². The van der Waals surface area contributed by atoms with Crippen molar-refractivity contribution in [3.05, 3.63) is 75.8 Å². The molecule has 0 aromatic heterocycles. The van der Waals surface area contributed by atoms with Crippen molar-refractivity contribution in [2.75, 3.05) is 39.3 Å². The van der Waals surface area contributed by atoms with Crippen molar-refractivity contribution in [3.8, 4) is 0 Å². The highest BCUT2D eigenvalue weighted by Crippen LogP contribution is 2.31. The second-order valence-electron chi connectivity index (χ2n) is 8.49. The maximum atomic E-state index is 10.8. The molecule has 7 nitrogen and oxygen atoms in total. The van der Waals surface area contributed by atoms with Gasteiger partial charge in [0.2, 0.25) is 0 Å². The third kappa shape index (κ3) is 3.26. The number of nitro groups is 1. The first-order valence-electron chi connectivity index (χ1n) is 10.2. The molecule has 0 saturated carbocycles. The van der Waals surface area contributed by atoms with Gasteiger partial charge in [-0.15, -0.1) is 0 Å². The Morgan fingerprint density at radius 3 is 2.28 bits per heavy atom. The summed E-state index contributed by atoms with van der Waals surface area (Å²) >= 11 is 0. The standard InChI is InChI=1S/C22H23N5O2/c28-27(29)20-8-6-17(7-9-20)12-23-24-21-18-13-25-10-11-26(14-18)16-22(21,15-25)19-4-2-1-3-5-19/h1-9,12,18H,10-11,13-16H2/p+2/b23-12-,24-21-. The van der Waals surface area contributed by atoms with Gasteiger partial charge in [-0.05, 0) is 23.3 Å². The van der Waals surface area contributed by atoms with Crippen LogP contribution >= 0.6 is 0 Å². The maximum absolute atomic E-state index is 10.8. The minimum Gasteiger partial charge on any atom is -0.328 e. The Kier molecular flexibility index (Phi) is 4.49. The molecule has 0 spiro atoms. The Morgan fingerprint density at radius 1 is 1.00 bits per heavy atom. The van der Waals surface area contributed by atoms with Gasteiger partial charge in [-0.3, -0.25) is 10.1 Å². The van der Waals surface area contributed by atoms with Crippen molar-refractivity contribution in [2.24, 2.45) is 16.1 Å². The Hall–Kier alpha value is -2.90. The van der Waals surface area contributed by atoms with Crippen LogP contribution in [0.1, 0.15) is 11.1 Å². The van der Waals surface area contributed by atoms with Gasteiger partial charge in [-0.1, -0.05) is 30.3 Å². The lowest BCUT2D eigenvalue weighted by Gasteiger charge is -2.46. The van der Waals surface area contributed by atoms with Crippen molar-refractivity contribution in [3.63, 3.8) is 0 Å². The number of quaternary nitrogens is 2. The number of nitro benzene ring substituents is 1. The largest absolute Gasteiger partial charge is 0.328 e. The van der Waals surface area contributed by atoms with Gasteiger partial charge in [0, 0.05) is 12.1 Å². The van der Waals surface area contributed by atoms with Crippen LogP contribution in [0.15, 0.2) is 64.8 Å². The Labute approximate surface area is 169 Å². The first kappa shape index (κ1) is 18.1. The smallest absolute Gasteiger partial charge is 0.269 e. The summed E-state index contributed by atoms with van der Waals surface area (Å²) in [4.78, 5) is 13.8. The van der Waals surface area contributed by atoms with E-state index in [0.29, 0.717) is 5.92 Å². The number of hydrogen-bond acceptors (Lipinski definition) is 4. The van der Waals surface area contributed by atoms with Gasteiger partial charge in [0.15, 0.2) is 0 Å². The van der Waals surface area contributed by atoms with Crippen LogP contribution in [0.5, 0.6) is 0 Å². The molecule has 4 fully saturated rings. The third-order valence-electron chi connectivity index (χ3n) is 6.69. The normalized spacial score (nSPS) is 32.0. The Balaban J connectivity index is 1.49. The topological polar surface area (TPSA) is 76.7 Å². The number of fused-ring (bicyclic) bond motifs is 1. The van der Waals surface area contributed by atoms with E-state index in [-0.39, 0.29) is 11.1 Å². The number of nitrogens with one attached hydrogen (secondary N) is 2. The fraction of sp³-hybridized carbons (Fsp3) is 0.364. The number of benzene rings is 2. The predicted molar refractivity (Wildman–Crippen MR) is 111 cm³/mol. The molecule has 4 aliphatic heterocycles. The highest BCUT2D eigenvalue weighted by atomic mass is 16.6. The molecule has 2 aromatic rings. The summed E-state index contributed by atoms with van der Waals surface area (Å²) in [5.74, 6) is 0.458. The minimum absolute atomic E-state index is 0.0452. The molecule has 4 saturated heterocycles. The first-order valence-corrected chi connectivity index (χ1v) is 10.2. The summed E-state index contributed by atoms with van der Waals surface area (Å²) < 4.78 is 0. The summed E-state index contributed by atoms with van der Waals surface area (Å²) in [5, 5.41) is 20.0. The van der Waals surface area contributed by atoms with E-state index in [1.54, 1.807) is 28.1 Å². The molecule has 29 heavy (non-hydrogen) atoms. The number of piperidine rings is 2. The number of non-ortho nitro benzene ring substituents is 1. The molecule has 0 aliphatic carbocycles. The minimum atomic E-state index is -0.391. The van der Waals surface area contributed by atoms with E-state index < -0.39 is 4.92 Å². The lowest BCUT2D eigenvalue weighted by molar-refractivity contribution is -0.918. The molecule has 2 aromatic carbocycles. The van der Waals surface area contributed by atoms with E-state index in [1.807, 2.05) is 0 Å². The molecule has 148 valence electrons. The van der Waals surface area contributed by atoms with Crippen LogP contribution in [0, 0.1) is 16.0 Å². The molecule has 4 aliphatic rings. The number of hydrogen-bond donors (Lipinski definition) is 2. The highest BCUT2D eigenvalue weighted by Gasteiger charge is 2.58. The summed E-state index contributed by atoms with van der Waals surface area (Å²) in [7, 11) is 0. The van der Waals surface area contributed by atoms with E-state index >= 15 is 0 Å². The van der Waals surface area contributed by atoms with Gasteiger partial charge in [-0.25, -0.2) is 0 Å². The number of rotatable bonds is 4. The molecule has 6 rings (SSSR count). The molecule has 0 radical (unpaired) electrons. The van der Waals surface area contributed by atoms with E-state index in [2.05, 4.69) is 35.4 Å². The summed E-state index contributed by atoms with van der Waals surface area (Å²) in [6, 6.07) is 17.2. The van der Waals surface area contributed by atoms with Gasteiger partial charge >= 0.3 is 0 Å². The average molecular weight is 391 g/mol. The van der Waals surface area contributed by atoms with Gasteiger partial charge in [0.1, 0.15) is 18.5 Å². The second kappa shape index (κ2) is 7.17. The van der Waals surface area contributed by atoms with Gasteiger partial charge < -0.3 is 9.80 Å². The van der Waals surface area contributed by atoms with Crippen molar-refractivity contribution >= 4 is 17.6 Å². The maximum Gasteiger partial charge on any atom is 0.269 e. The lowest BCUT2D eigenvalue weighted by Crippen LogP contribution is -3.17. The Morgan fingerprint density at radius 2 is 1.66 bits per heavy atom. The van der Waals surface area contributed by atoms with Crippen molar-refractivity contribution < 1.29 is 14.7 Å². The van der Waals surface area contributed by atoms with Gasteiger partial charge in [0.25, 0.3) is 5.69 Å². The molecular formula is C22H25N5O2+2. The quantitative estimate of drug-likeness (QED) is 0.428. The van der Waals surface area contributed by atoms with Crippen LogP contribution in [0.2, 0.25) is 0 Å². The third-order valence-corrected chi connectivity index (χ3v) is 6.69. The SMILES string of the molecule is O=[N+]([O-])c1ccc(/C=N\N=C2\C3C[NH+]4CC[NH+](C3)CC2(c2ccccc2)C4)cc1. The van der Waals surface area contributed by atoms with Crippen LogP contribution in [-0.2, 0) is 5.41 Å². The van der Waals surface area contributed by atoms with Gasteiger partial charge in [-0.2, -0.15) is 10.2 Å². The predicted octanol–water partition coefficient (Wildman–Crippen LogP) is -0.265. The lowest BCUT2D eigenvalue weighted by atomic mass is 9.66. The summed E-state index contributed by atoms with van der Waals surface area (Å²) in [5.41, 5.74) is 3.43. The summed E-state index contributed by atoms with van der Waals surface area (Å²) in [6.07, 6.45) is 1.70. The second-order valence-corrected chi connectivity index (χ2v) is 8.49. The van der Waals surface area contributed by atoms with Crippen LogP contribution in [0.25, 0.3) is 0 Å². The van der Waals surface area contributed by atoms with E-state index in [9.17, 15) is 10.1 Å². The highest BCUT2D eigenvalue weighted by molar-refractivity contribution is 5.98. The zero-order valence-electron chi connectivity index (χ0n) is 16.3. The number of nitrogens with zero attached hydrogens (tertiary/aromatic N) is 3. The monoisotopic (exact) mass is 391 g/mol. The van der Waals surface area contributed by atoms with Crippen LogP contribution < -0.4 is 9.80 Å². The fourth-order valence-corrected chi connectivity index (χ4v) is 5.46. The molecule has 0 amide bonds. The van der Waals surface area contributed by atoms with Crippen LogP contribution in [0.4, 0.5) is 5.69 Å². The van der Waals surface area contributed by atoms with Gasteiger partial charge in [0.05, 0.1) is 48.9 Å². The molecule has 7 heteroatoms.